The van der Waals surface area contributed by atoms with Gasteiger partial charge in [-0.1, -0.05) is 6.58 Å². The largest absolute Gasteiger partial charge is 0.454 e. The van der Waals surface area contributed by atoms with Gasteiger partial charge in [0.05, 0.1) is 6.61 Å². The molecule has 0 amide bonds. The quantitative estimate of drug-likeness (QED) is 0.432. The first-order chi connectivity index (χ1) is 9.50. The molecule has 0 bridgehead atoms. The second kappa shape index (κ2) is 5.33. The molecule has 0 aromatic rings. The molecule has 0 spiro atoms. The minimum atomic E-state index is -1.34. The van der Waals surface area contributed by atoms with E-state index in [1.165, 1.54) is 13.8 Å². The number of carbonyl (C=O) groups is 1. The molecular formula is C14H22O7. The highest BCUT2D eigenvalue weighted by Gasteiger charge is 2.55. The molecule has 2 aliphatic rings. The average Bonchev–Trinajstić information content (AvgIpc) is 2.60. The number of ether oxygens (including phenoxy) is 4. The number of rotatable bonds is 4. The summed E-state index contributed by atoms with van der Waals surface area (Å²) in [6.07, 6.45) is -3.62. The molecular weight excluding hydrogens is 280 g/mol. The van der Waals surface area contributed by atoms with E-state index < -0.39 is 42.0 Å². The maximum absolute atomic E-state index is 11.5. The summed E-state index contributed by atoms with van der Waals surface area (Å²) in [5.41, 5.74) is 0.491. The van der Waals surface area contributed by atoms with Crippen LogP contribution in [0.5, 0.6) is 0 Å². The van der Waals surface area contributed by atoms with Crippen molar-refractivity contribution in [1.82, 2.24) is 0 Å². The number of fused-ring (bicyclic) bond motifs is 1. The molecule has 120 valence electrons. The van der Waals surface area contributed by atoms with Gasteiger partial charge in [-0.15, -0.1) is 0 Å². The van der Waals surface area contributed by atoms with E-state index >= 15 is 0 Å². The number of carbonyl (C=O) groups excluding carboxylic acids is 1. The Labute approximate surface area is 123 Å². The Hall–Kier alpha value is -0.990. The topological polar surface area (TPSA) is 94.5 Å². The molecule has 7 nitrogen and oxygen atoms in total. The van der Waals surface area contributed by atoms with Crippen molar-refractivity contribution in [2.24, 2.45) is 0 Å². The maximum atomic E-state index is 11.5. The lowest BCUT2D eigenvalue weighted by atomic mass is 9.98. The van der Waals surface area contributed by atoms with Gasteiger partial charge in [0.15, 0.2) is 23.8 Å². The highest BCUT2D eigenvalue weighted by atomic mass is 16.8. The van der Waals surface area contributed by atoms with Gasteiger partial charge in [0.1, 0.15) is 12.2 Å². The van der Waals surface area contributed by atoms with Crippen LogP contribution >= 0.6 is 0 Å². The first-order valence-corrected chi connectivity index (χ1v) is 6.78. The standard InChI is InChI=1S/C14H22O7/c1-7(6-18-13(2,3)17)9-11-10(8(15)12(16)19-11)21-14(4,5)20-9/h8-11,15,17H,1,6H2,2-5H3/t8-,9-,10+,11+/m1/s1. The van der Waals surface area contributed by atoms with Gasteiger partial charge in [0.2, 0.25) is 0 Å². The van der Waals surface area contributed by atoms with Crippen LogP contribution in [0.1, 0.15) is 27.7 Å². The molecule has 0 aliphatic carbocycles. The number of aliphatic hydroxyl groups excluding tert-OH is 1. The van der Waals surface area contributed by atoms with Gasteiger partial charge in [0.25, 0.3) is 0 Å². The van der Waals surface area contributed by atoms with Crippen LogP contribution in [0.25, 0.3) is 0 Å². The van der Waals surface area contributed by atoms with Gasteiger partial charge in [-0.2, -0.15) is 0 Å². The monoisotopic (exact) mass is 302 g/mol. The van der Waals surface area contributed by atoms with Crippen molar-refractivity contribution in [3.8, 4) is 0 Å². The lowest BCUT2D eigenvalue weighted by molar-refractivity contribution is -0.321. The molecule has 0 aromatic carbocycles. The number of esters is 1. The van der Waals surface area contributed by atoms with Crippen LogP contribution in [0, 0.1) is 0 Å². The molecule has 2 saturated heterocycles. The molecule has 2 rings (SSSR count). The van der Waals surface area contributed by atoms with E-state index in [-0.39, 0.29) is 6.61 Å². The van der Waals surface area contributed by atoms with Gasteiger partial charge in [-0.05, 0) is 33.3 Å². The number of hydrogen-bond acceptors (Lipinski definition) is 7. The van der Waals surface area contributed by atoms with Gasteiger partial charge < -0.3 is 29.2 Å². The second-order valence-electron chi connectivity index (χ2n) is 6.26. The predicted molar refractivity (Wildman–Crippen MR) is 71.1 cm³/mol. The van der Waals surface area contributed by atoms with Crippen LogP contribution in [-0.2, 0) is 23.7 Å². The summed E-state index contributed by atoms with van der Waals surface area (Å²) < 4.78 is 21.7. The normalized spacial score (nSPS) is 35.2. The average molecular weight is 302 g/mol. The summed E-state index contributed by atoms with van der Waals surface area (Å²) in [6, 6.07) is 0. The van der Waals surface area contributed by atoms with E-state index in [2.05, 4.69) is 6.58 Å². The van der Waals surface area contributed by atoms with Crippen molar-refractivity contribution in [2.45, 2.75) is 63.7 Å². The first-order valence-electron chi connectivity index (χ1n) is 6.78. The highest BCUT2D eigenvalue weighted by Crippen LogP contribution is 2.37. The molecule has 2 aliphatic heterocycles. The van der Waals surface area contributed by atoms with Crippen LogP contribution in [0.4, 0.5) is 0 Å². The number of hydrogen-bond donors (Lipinski definition) is 2. The van der Waals surface area contributed by atoms with Crippen molar-refractivity contribution in [1.29, 1.82) is 0 Å². The predicted octanol–water partition coefficient (Wildman–Crippen LogP) is 0.0940. The van der Waals surface area contributed by atoms with Gasteiger partial charge in [-0.3, -0.25) is 0 Å². The highest BCUT2D eigenvalue weighted by molar-refractivity contribution is 5.78. The Morgan fingerprint density at radius 2 is 2.00 bits per heavy atom. The fourth-order valence-corrected chi connectivity index (χ4v) is 2.35. The maximum Gasteiger partial charge on any atom is 0.338 e. The van der Waals surface area contributed by atoms with E-state index in [0.717, 1.165) is 0 Å². The third kappa shape index (κ3) is 3.61. The number of aliphatic hydroxyl groups is 2. The van der Waals surface area contributed by atoms with Crippen molar-refractivity contribution in [3.05, 3.63) is 12.2 Å². The summed E-state index contributed by atoms with van der Waals surface area (Å²) >= 11 is 0. The van der Waals surface area contributed by atoms with Gasteiger partial charge >= 0.3 is 5.97 Å². The first kappa shape index (κ1) is 16.4. The Balaban J connectivity index is 2.13. The Morgan fingerprint density at radius 3 is 2.57 bits per heavy atom. The van der Waals surface area contributed by atoms with E-state index in [1.807, 2.05) is 0 Å². The van der Waals surface area contributed by atoms with Crippen molar-refractivity contribution < 1.29 is 34.0 Å². The molecule has 7 heteroatoms. The Kier molecular flexibility index (Phi) is 4.16. The minimum absolute atomic E-state index is 0.0289. The van der Waals surface area contributed by atoms with Crippen molar-refractivity contribution in [2.75, 3.05) is 6.61 Å². The zero-order valence-electron chi connectivity index (χ0n) is 12.7. The lowest BCUT2D eigenvalue weighted by Gasteiger charge is -2.43. The van der Waals surface area contributed by atoms with Crippen LogP contribution in [0.3, 0.4) is 0 Å². The van der Waals surface area contributed by atoms with Crippen molar-refractivity contribution in [3.63, 3.8) is 0 Å². The van der Waals surface area contributed by atoms with E-state index in [0.29, 0.717) is 5.57 Å². The van der Waals surface area contributed by atoms with Crippen LogP contribution in [0.15, 0.2) is 12.2 Å². The summed E-state index contributed by atoms with van der Waals surface area (Å²) in [7, 11) is 0. The molecule has 0 radical (unpaired) electrons. The molecule has 0 unspecified atom stereocenters. The minimum Gasteiger partial charge on any atom is -0.454 e. The fourth-order valence-electron chi connectivity index (χ4n) is 2.35. The van der Waals surface area contributed by atoms with Crippen LogP contribution in [-0.4, -0.2) is 58.8 Å². The molecule has 0 saturated carbocycles. The van der Waals surface area contributed by atoms with E-state index in [9.17, 15) is 15.0 Å². The summed E-state index contributed by atoms with van der Waals surface area (Å²) in [4.78, 5) is 11.5. The molecule has 2 heterocycles. The van der Waals surface area contributed by atoms with E-state index in [1.54, 1.807) is 13.8 Å². The third-order valence-electron chi connectivity index (χ3n) is 3.27. The zero-order chi connectivity index (χ0) is 16.0. The SMILES string of the molecule is C=C(COC(C)(C)O)[C@H]1OC(C)(C)O[C@@H]2[C@H]1OC(=O)[C@@H]2O. The van der Waals surface area contributed by atoms with Crippen LogP contribution in [0.2, 0.25) is 0 Å². The van der Waals surface area contributed by atoms with Crippen molar-refractivity contribution >= 4 is 5.97 Å². The van der Waals surface area contributed by atoms with Gasteiger partial charge in [-0.25, -0.2) is 4.79 Å². The molecule has 0 aromatic heterocycles. The van der Waals surface area contributed by atoms with Crippen LogP contribution < -0.4 is 0 Å². The smallest absolute Gasteiger partial charge is 0.338 e. The van der Waals surface area contributed by atoms with E-state index in [4.69, 9.17) is 18.9 Å². The molecule has 2 fully saturated rings. The fraction of sp³-hybridized carbons (Fsp3) is 0.786. The van der Waals surface area contributed by atoms with Gasteiger partial charge in [0, 0.05) is 0 Å². The third-order valence-corrected chi connectivity index (χ3v) is 3.27. The Morgan fingerprint density at radius 1 is 1.38 bits per heavy atom. The lowest BCUT2D eigenvalue weighted by Crippen LogP contribution is -2.56. The Bertz CT molecular complexity index is 437. The molecule has 4 atom stereocenters. The summed E-state index contributed by atoms with van der Waals surface area (Å²) in [5, 5.41) is 19.4. The molecule has 21 heavy (non-hydrogen) atoms. The summed E-state index contributed by atoms with van der Waals surface area (Å²) in [5.74, 6) is -3.06. The molecule has 2 N–H and O–H groups in total. The second-order valence-corrected chi connectivity index (χ2v) is 6.26. The zero-order valence-corrected chi connectivity index (χ0v) is 12.7. The summed E-state index contributed by atoms with van der Waals surface area (Å²) in [6.45, 7) is 10.2.